The van der Waals surface area contributed by atoms with Crippen molar-refractivity contribution in [3.8, 4) is 5.75 Å². The predicted octanol–water partition coefficient (Wildman–Crippen LogP) is 7.86. The van der Waals surface area contributed by atoms with E-state index in [-0.39, 0.29) is 17.2 Å². The monoisotopic (exact) mass is 580 g/mol. The first-order chi connectivity index (χ1) is 21.4. The fraction of sp³-hybridized carbons (Fsp3) is 0.0556. The highest BCUT2D eigenvalue weighted by Crippen LogP contribution is 2.34. The number of hydrogen-bond donors (Lipinski definition) is 3. The van der Waals surface area contributed by atoms with Crippen molar-refractivity contribution in [2.45, 2.75) is 6.92 Å². The van der Waals surface area contributed by atoms with E-state index in [1.165, 1.54) is 7.11 Å². The lowest BCUT2D eigenvalue weighted by Crippen LogP contribution is -2.27. The first-order valence-corrected chi connectivity index (χ1v) is 13.9. The molecule has 6 rings (SSSR count). The summed E-state index contributed by atoms with van der Waals surface area (Å²) in [6.45, 7) is 1.85. The Labute approximate surface area is 254 Å². The van der Waals surface area contributed by atoms with Crippen molar-refractivity contribution >= 4 is 57.2 Å². The molecule has 0 saturated heterocycles. The molecule has 0 atom stereocenters. The van der Waals surface area contributed by atoms with Gasteiger partial charge in [-0.2, -0.15) is 5.10 Å². The summed E-state index contributed by atoms with van der Waals surface area (Å²) in [4.78, 5) is 22.6. The summed E-state index contributed by atoms with van der Waals surface area (Å²) in [5.41, 5.74) is 7.32. The number of rotatable bonds is 7. The number of aliphatic imine (C=N–C) groups is 2. The SMILES string of the molecule is COc1cc(N=C(O)c2ccccc2)c(C)cc1N/N=C1/C(=O)C(C(O)=Nc2cccc3ccccc23)=Cc2ccccc21. The van der Waals surface area contributed by atoms with Crippen molar-refractivity contribution in [2.24, 2.45) is 15.1 Å². The van der Waals surface area contributed by atoms with Gasteiger partial charge in [-0.25, -0.2) is 9.98 Å². The number of hydrogen-bond acceptors (Lipinski definition) is 6. The summed E-state index contributed by atoms with van der Waals surface area (Å²) < 4.78 is 5.59. The van der Waals surface area contributed by atoms with Crippen molar-refractivity contribution in [2.75, 3.05) is 12.5 Å². The first kappa shape index (κ1) is 28.1. The second-order valence-electron chi connectivity index (χ2n) is 10.1. The van der Waals surface area contributed by atoms with Crippen LogP contribution in [0.3, 0.4) is 0 Å². The van der Waals surface area contributed by atoms with E-state index in [1.54, 1.807) is 42.5 Å². The number of aliphatic hydroxyl groups is 2. The Morgan fingerprint density at radius 3 is 2.30 bits per heavy atom. The molecule has 5 aromatic rings. The summed E-state index contributed by atoms with van der Waals surface area (Å²) in [5, 5.41) is 28.0. The van der Waals surface area contributed by atoms with Crippen molar-refractivity contribution < 1.29 is 19.7 Å². The Bertz CT molecular complexity index is 2020. The molecule has 0 spiro atoms. The standard InChI is InChI=1S/C36H28N4O4/c1-22-19-31(32(44-2)21-30(22)38-35(42)24-12-4-3-5-13-24)39-40-33-27-17-9-7-14-25(27)20-28(34(33)41)36(43)37-29-18-10-15-23-11-6-8-16-26(23)29/h3-21,39H,1-2H3,(H,37,43)(H,38,42)/b40-33+. The van der Waals surface area contributed by atoms with Gasteiger partial charge in [-0.05, 0) is 53.8 Å². The van der Waals surface area contributed by atoms with Crippen LogP contribution in [-0.4, -0.2) is 40.6 Å². The quantitative estimate of drug-likeness (QED) is 0.103. The molecule has 0 amide bonds. The van der Waals surface area contributed by atoms with Gasteiger partial charge in [0.2, 0.25) is 17.6 Å². The van der Waals surface area contributed by atoms with E-state index in [1.807, 2.05) is 79.7 Å². The van der Waals surface area contributed by atoms with Crippen LogP contribution in [-0.2, 0) is 4.79 Å². The minimum absolute atomic E-state index is 0.0291. The van der Waals surface area contributed by atoms with Crippen molar-refractivity contribution in [1.29, 1.82) is 0 Å². The molecular weight excluding hydrogens is 552 g/mol. The van der Waals surface area contributed by atoms with Crippen LogP contribution in [0.1, 0.15) is 22.3 Å². The van der Waals surface area contributed by atoms with Crippen LogP contribution in [0.5, 0.6) is 5.75 Å². The lowest BCUT2D eigenvalue weighted by Gasteiger charge is -2.18. The largest absolute Gasteiger partial charge is 0.494 e. The number of anilines is 1. The van der Waals surface area contributed by atoms with Crippen LogP contribution in [0.25, 0.3) is 16.8 Å². The van der Waals surface area contributed by atoms with Crippen molar-refractivity contribution in [3.05, 3.63) is 137 Å². The number of fused-ring (bicyclic) bond motifs is 2. The number of hydrazone groups is 1. The molecule has 216 valence electrons. The summed E-state index contributed by atoms with van der Waals surface area (Å²) in [6.07, 6.45) is 1.62. The lowest BCUT2D eigenvalue weighted by molar-refractivity contribution is -0.109. The van der Waals surface area contributed by atoms with Crippen LogP contribution in [0.2, 0.25) is 0 Å². The smallest absolute Gasteiger partial charge is 0.222 e. The Morgan fingerprint density at radius 1 is 0.773 bits per heavy atom. The Kier molecular flexibility index (Phi) is 7.71. The number of ether oxygens (including phenoxy) is 1. The minimum Gasteiger partial charge on any atom is -0.494 e. The number of ketones is 1. The van der Waals surface area contributed by atoms with Gasteiger partial charge in [0.1, 0.15) is 11.5 Å². The van der Waals surface area contributed by atoms with Crippen molar-refractivity contribution in [1.82, 2.24) is 0 Å². The zero-order valence-electron chi connectivity index (χ0n) is 24.0. The molecule has 8 heteroatoms. The number of aryl methyl sites for hydroxylation is 1. The molecule has 0 unspecified atom stereocenters. The van der Waals surface area contributed by atoms with E-state index in [4.69, 9.17) is 4.74 Å². The van der Waals surface area contributed by atoms with Crippen LogP contribution in [0, 0.1) is 6.92 Å². The number of nitrogens with zero attached hydrogens (tertiary/aromatic N) is 3. The van der Waals surface area contributed by atoms with Gasteiger partial charge in [0.05, 0.1) is 29.7 Å². The lowest BCUT2D eigenvalue weighted by atomic mass is 9.89. The van der Waals surface area contributed by atoms with Gasteiger partial charge in [0, 0.05) is 22.6 Å². The number of Topliss-reactive ketones (excluding diaryl/α,β-unsaturated/α-hetero) is 1. The molecule has 44 heavy (non-hydrogen) atoms. The Morgan fingerprint density at radius 2 is 1.48 bits per heavy atom. The maximum atomic E-state index is 13.8. The van der Waals surface area contributed by atoms with Gasteiger partial charge >= 0.3 is 0 Å². The normalized spacial score (nSPS) is 14.4. The number of nitrogens with one attached hydrogen (secondary N) is 1. The fourth-order valence-electron chi connectivity index (χ4n) is 5.00. The molecule has 1 aliphatic rings. The van der Waals surface area contributed by atoms with E-state index in [2.05, 4.69) is 20.5 Å². The molecule has 0 heterocycles. The molecule has 0 aromatic heterocycles. The van der Waals surface area contributed by atoms with Gasteiger partial charge in [0.15, 0.2) is 0 Å². The third-order valence-electron chi connectivity index (χ3n) is 7.27. The summed E-state index contributed by atoms with van der Waals surface area (Å²) in [6, 6.07) is 33.1. The van der Waals surface area contributed by atoms with Crippen LogP contribution < -0.4 is 10.2 Å². The van der Waals surface area contributed by atoms with Crippen LogP contribution >= 0.6 is 0 Å². The number of aliphatic hydroxyl groups excluding tert-OH is 2. The first-order valence-electron chi connectivity index (χ1n) is 13.9. The summed E-state index contributed by atoms with van der Waals surface area (Å²) in [5.74, 6) is -0.595. The highest BCUT2D eigenvalue weighted by atomic mass is 16.5. The third kappa shape index (κ3) is 5.56. The molecule has 0 saturated carbocycles. The third-order valence-corrected chi connectivity index (χ3v) is 7.27. The molecule has 5 aromatic carbocycles. The number of methoxy groups -OCH3 is 1. The zero-order chi connectivity index (χ0) is 30.6. The Balaban J connectivity index is 1.35. The molecule has 1 aliphatic carbocycles. The predicted molar refractivity (Wildman–Crippen MR) is 176 cm³/mol. The van der Waals surface area contributed by atoms with E-state index in [9.17, 15) is 15.0 Å². The second kappa shape index (κ2) is 12.1. The highest BCUT2D eigenvalue weighted by Gasteiger charge is 2.29. The maximum Gasteiger partial charge on any atom is 0.222 e. The van der Waals surface area contributed by atoms with E-state index >= 15 is 0 Å². The number of carbonyl (C=O) groups excluding carboxylic acids is 1. The zero-order valence-corrected chi connectivity index (χ0v) is 24.0. The molecule has 0 aliphatic heterocycles. The molecule has 3 N–H and O–H groups in total. The van der Waals surface area contributed by atoms with Crippen LogP contribution in [0.15, 0.2) is 130 Å². The number of benzene rings is 5. The minimum atomic E-state index is -0.484. The molecular formula is C36H28N4O4. The summed E-state index contributed by atoms with van der Waals surface area (Å²) in [7, 11) is 1.51. The fourth-order valence-corrected chi connectivity index (χ4v) is 5.00. The molecule has 0 fully saturated rings. The van der Waals surface area contributed by atoms with Gasteiger partial charge in [0.25, 0.3) is 0 Å². The van der Waals surface area contributed by atoms with Gasteiger partial charge < -0.3 is 14.9 Å². The maximum absolute atomic E-state index is 13.8. The van der Waals surface area contributed by atoms with Gasteiger partial charge in [-0.15, -0.1) is 0 Å². The van der Waals surface area contributed by atoms with E-state index in [0.717, 1.165) is 16.3 Å². The van der Waals surface area contributed by atoms with E-state index < -0.39 is 11.7 Å². The van der Waals surface area contributed by atoms with Crippen LogP contribution in [0.4, 0.5) is 17.1 Å². The average Bonchev–Trinajstić information content (AvgIpc) is 3.05. The Hall–Kier alpha value is -6.02. The van der Waals surface area contributed by atoms with Gasteiger partial charge in [-0.3, -0.25) is 10.2 Å². The highest BCUT2D eigenvalue weighted by molar-refractivity contribution is 6.58. The van der Waals surface area contributed by atoms with Gasteiger partial charge in [-0.1, -0.05) is 78.9 Å². The molecule has 0 bridgehead atoms. The van der Waals surface area contributed by atoms with E-state index in [0.29, 0.717) is 39.5 Å². The topological polar surface area (TPSA) is 116 Å². The number of carbonyl (C=O) groups is 1. The summed E-state index contributed by atoms with van der Waals surface area (Å²) >= 11 is 0. The second-order valence-corrected chi connectivity index (χ2v) is 10.1. The molecule has 8 nitrogen and oxygen atoms in total. The average molecular weight is 581 g/mol. The van der Waals surface area contributed by atoms with Crippen molar-refractivity contribution in [3.63, 3.8) is 0 Å². The molecule has 0 radical (unpaired) electrons.